The van der Waals surface area contributed by atoms with Gasteiger partial charge in [-0.05, 0) is 42.9 Å². The van der Waals surface area contributed by atoms with Gasteiger partial charge in [0.1, 0.15) is 5.82 Å². The number of nitrogens with zero attached hydrogens (tertiary/aromatic N) is 1. The number of allylic oxidation sites excluding steroid dienone is 4. The number of urea groups is 1. The van der Waals surface area contributed by atoms with Crippen molar-refractivity contribution in [3.8, 4) is 5.69 Å². The van der Waals surface area contributed by atoms with Gasteiger partial charge in [0.05, 0.1) is 23.4 Å². The molecule has 0 spiro atoms. The van der Waals surface area contributed by atoms with Crippen LogP contribution in [0.25, 0.3) is 5.69 Å². The van der Waals surface area contributed by atoms with Crippen LogP contribution >= 0.6 is 0 Å². The van der Waals surface area contributed by atoms with Crippen molar-refractivity contribution in [2.75, 3.05) is 5.32 Å². The number of H-pyrrole nitrogens is 1. The molecule has 7 heteroatoms. The number of carbonyl (C=O) groups is 1. The summed E-state index contributed by atoms with van der Waals surface area (Å²) >= 11 is 0. The third-order valence-corrected chi connectivity index (χ3v) is 5.68. The minimum Gasteiger partial charge on any atom is -0.391 e. The second-order valence-corrected chi connectivity index (χ2v) is 8.49. The average molecular weight is 423 g/mol. The minimum atomic E-state index is -0.766. The number of para-hydroxylation sites is 1. The maximum atomic E-state index is 12.8. The second kappa shape index (κ2) is 9.22. The van der Waals surface area contributed by atoms with Crippen molar-refractivity contribution in [1.82, 2.24) is 15.1 Å². The summed E-state index contributed by atoms with van der Waals surface area (Å²) in [6.07, 6.45) is 7.80. The predicted octanol–water partition coefficient (Wildman–Crippen LogP) is 3.81. The van der Waals surface area contributed by atoms with Gasteiger partial charge in [-0.15, -0.1) is 0 Å². The van der Waals surface area contributed by atoms with Crippen molar-refractivity contribution < 1.29 is 9.90 Å². The van der Waals surface area contributed by atoms with E-state index in [1.165, 1.54) is 0 Å². The van der Waals surface area contributed by atoms with Crippen LogP contribution in [0.2, 0.25) is 0 Å². The van der Waals surface area contributed by atoms with Crippen LogP contribution in [-0.4, -0.2) is 33.1 Å². The minimum absolute atomic E-state index is 0.284. The molecule has 1 aromatic heterocycles. The number of aromatic amines is 1. The molecule has 1 aromatic carbocycles. The smallest absolute Gasteiger partial charge is 0.320 e. The van der Waals surface area contributed by atoms with Gasteiger partial charge >= 0.3 is 6.03 Å². The lowest BCUT2D eigenvalue weighted by Crippen LogP contribution is -2.46. The van der Waals surface area contributed by atoms with Crippen LogP contribution in [0.5, 0.6) is 0 Å². The lowest BCUT2D eigenvalue weighted by Gasteiger charge is -2.32. The lowest BCUT2D eigenvalue weighted by atomic mass is 9.78. The van der Waals surface area contributed by atoms with Gasteiger partial charge in [-0.25, -0.2) is 9.48 Å². The first kappa shape index (κ1) is 22.4. The van der Waals surface area contributed by atoms with Gasteiger partial charge in [0.2, 0.25) is 0 Å². The third-order valence-electron chi connectivity index (χ3n) is 5.68. The summed E-state index contributed by atoms with van der Waals surface area (Å²) in [6, 6.07) is 8.24. The van der Waals surface area contributed by atoms with Crippen LogP contribution < -0.4 is 16.2 Å². The summed E-state index contributed by atoms with van der Waals surface area (Å²) in [5.74, 6) is 0.357. The summed E-state index contributed by atoms with van der Waals surface area (Å²) < 4.78 is 1.54. The van der Waals surface area contributed by atoms with Crippen LogP contribution in [0, 0.1) is 12.3 Å². The number of hydrogen-bond acceptors (Lipinski definition) is 3. The zero-order chi connectivity index (χ0) is 22.6. The Bertz CT molecular complexity index is 1060. The Morgan fingerprint density at radius 2 is 1.97 bits per heavy atom. The molecule has 164 valence electrons. The first-order chi connectivity index (χ1) is 14.7. The molecule has 2 aromatic rings. The highest BCUT2D eigenvalue weighted by Crippen LogP contribution is 2.33. The van der Waals surface area contributed by atoms with Crippen molar-refractivity contribution >= 4 is 11.8 Å². The van der Waals surface area contributed by atoms with Crippen molar-refractivity contribution in [2.24, 2.45) is 5.41 Å². The van der Waals surface area contributed by atoms with Gasteiger partial charge in [-0.3, -0.25) is 15.2 Å². The van der Waals surface area contributed by atoms with Gasteiger partial charge < -0.3 is 10.4 Å². The number of aliphatic hydroxyl groups excluding tert-OH is 1. The highest BCUT2D eigenvalue weighted by atomic mass is 16.3. The molecule has 7 nitrogen and oxygen atoms in total. The molecule has 0 saturated heterocycles. The Balaban J connectivity index is 1.80. The maximum Gasteiger partial charge on any atom is 0.320 e. The number of aromatic nitrogens is 2. The number of hydrogen-bond donors (Lipinski definition) is 4. The van der Waals surface area contributed by atoms with Crippen molar-refractivity contribution in [2.45, 2.75) is 45.8 Å². The third kappa shape index (κ3) is 5.24. The van der Waals surface area contributed by atoms with E-state index in [2.05, 4.69) is 22.3 Å². The molecule has 2 amide bonds. The molecule has 1 aliphatic rings. The number of benzene rings is 1. The molecule has 1 aliphatic carbocycles. The molecule has 0 fully saturated rings. The molecule has 2 atom stereocenters. The number of carbonyl (C=O) groups excluding carboxylic acids is 1. The van der Waals surface area contributed by atoms with Gasteiger partial charge in [-0.2, -0.15) is 0 Å². The van der Waals surface area contributed by atoms with Crippen LogP contribution in [0.1, 0.15) is 32.3 Å². The van der Waals surface area contributed by atoms with E-state index in [-0.39, 0.29) is 11.0 Å². The first-order valence-electron chi connectivity index (χ1n) is 10.3. The van der Waals surface area contributed by atoms with E-state index in [0.717, 1.165) is 11.3 Å². The molecule has 0 bridgehead atoms. The van der Waals surface area contributed by atoms with Gasteiger partial charge in [0.25, 0.3) is 5.56 Å². The molecule has 0 unspecified atom stereocenters. The van der Waals surface area contributed by atoms with Crippen molar-refractivity contribution in [3.63, 3.8) is 0 Å². The molecule has 1 heterocycles. The van der Waals surface area contributed by atoms with Crippen LogP contribution in [-0.2, 0) is 0 Å². The van der Waals surface area contributed by atoms with E-state index in [1.807, 2.05) is 68.5 Å². The van der Waals surface area contributed by atoms with Gasteiger partial charge in [0.15, 0.2) is 0 Å². The van der Waals surface area contributed by atoms with Crippen LogP contribution in [0.4, 0.5) is 10.6 Å². The molecular weight excluding hydrogens is 392 g/mol. The SMILES string of the molecule is C=C1/C=C\C=C/C[C@@H](NC(=O)Nc2c(C)c(=O)[nH]n2-c2ccccc2)[C@H](O)CC1(C)C. The quantitative estimate of drug-likeness (QED) is 0.605. The lowest BCUT2D eigenvalue weighted by molar-refractivity contribution is 0.0929. The summed E-state index contributed by atoms with van der Waals surface area (Å²) in [6.45, 7) is 9.79. The van der Waals surface area contributed by atoms with E-state index < -0.39 is 18.2 Å². The standard InChI is InChI=1S/C24H30N4O3/c1-16-11-7-5-10-14-19(20(29)15-24(16,3)4)25-23(31)26-21-17(2)22(30)27-28(21)18-12-8-6-9-13-18/h5-13,19-20,29H,1,14-15H2,2-4H3,(H,27,30)(H2,25,26,31)/b10-5-,11-7-/t19-,20-/m1/s1. The summed E-state index contributed by atoms with van der Waals surface area (Å²) in [7, 11) is 0. The van der Waals surface area contributed by atoms with E-state index in [0.29, 0.717) is 24.2 Å². The number of nitrogens with one attached hydrogen (secondary N) is 3. The molecule has 4 N–H and O–H groups in total. The van der Waals surface area contributed by atoms with Crippen LogP contribution in [0.3, 0.4) is 0 Å². The molecule has 0 radical (unpaired) electrons. The molecule has 31 heavy (non-hydrogen) atoms. The number of anilines is 1. The number of rotatable bonds is 3. The zero-order valence-corrected chi connectivity index (χ0v) is 18.2. The Morgan fingerprint density at radius 1 is 1.26 bits per heavy atom. The Morgan fingerprint density at radius 3 is 2.68 bits per heavy atom. The normalized spacial score (nSPS) is 23.0. The van der Waals surface area contributed by atoms with E-state index in [9.17, 15) is 14.7 Å². The summed E-state index contributed by atoms with van der Waals surface area (Å²) in [5.41, 5.74) is 1.43. The highest BCUT2D eigenvalue weighted by Gasteiger charge is 2.30. The average Bonchev–Trinajstić information content (AvgIpc) is 3.00. The Kier molecular flexibility index (Phi) is 6.65. The van der Waals surface area contributed by atoms with Crippen LogP contribution in [0.15, 0.2) is 71.6 Å². The van der Waals surface area contributed by atoms with Gasteiger partial charge in [-0.1, -0.05) is 62.9 Å². The first-order valence-corrected chi connectivity index (χ1v) is 10.3. The molecule has 0 saturated carbocycles. The Hall–Kier alpha value is -3.32. The predicted molar refractivity (Wildman–Crippen MR) is 124 cm³/mol. The molecule has 0 aliphatic heterocycles. The molecular formula is C24H30N4O3. The number of aliphatic hydroxyl groups is 1. The number of amides is 2. The maximum absolute atomic E-state index is 12.8. The van der Waals surface area contributed by atoms with Crippen molar-refractivity contribution in [1.29, 1.82) is 0 Å². The zero-order valence-electron chi connectivity index (χ0n) is 18.2. The molecule has 3 rings (SSSR count). The topological polar surface area (TPSA) is 99.2 Å². The fraction of sp³-hybridized carbons (Fsp3) is 0.333. The van der Waals surface area contributed by atoms with E-state index in [4.69, 9.17) is 0 Å². The fourth-order valence-corrected chi connectivity index (χ4v) is 3.56. The Labute approximate surface area is 182 Å². The van der Waals surface area contributed by atoms with Gasteiger partial charge in [0, 0.05) is 0 Å². The largest absolute Gasteiger partial charge is 0.391 e. The highest BCUT2D eigenvalue weighted by molar-refractivity contribution is 5.89. The van der Waals surface area contributed by atoms with E-state index in [1.54, 1.807) is 11.6 Å². The van der Waals surface area contributed by atoms with Crippen molar-refractivity contribution in [3.05, 3.63) is 82.7 Å². The fourth-order valence-electron chi connectivity index (χ4n) is 3.56. The second-order valence-electron chi connectivity index (χ2n) is 8.49. The van der Waals surface area contributed by atoms with E-state index >= 15 is 0 Å². The summed E-state index contributed by atoms with van der Waals surface area (Å²) in [4.78, 5) is 25.0. The summed E-state index contributed by atoms with van der Waals surface area (Å²) in [5, 5.41) is 19.2. The monoisotopic (exact) mass is 422 g/mol.